The minimum Gasteiger partial charge on any atom is -0.368 e. The summed E-state index contributed by atoms with van der Waals surface area (Å²) in [7, 11) is 0. The van der Waals surface area contributed by atoms with Crippen LogP contribution in [0.4, 0.5) is 5.69 Å². The molecule has 0 spiro atoms. The van der Waals surface area contributed by atoms with Crippen molar-refractivity contribution in [3.05, 3.63) is 47.5 Å². The van der Waals surface area contributed by atoms with Crippen molar-refractivity contribution < 1.29 is 0 Å². The number of aliphatic imine (C=N–C) groups is 1. The molecule has 0 aliphatic carbocycles. The van der Waals surface area contributed by atoms with E-state index in [-0.39, 0.29) is 24.0 Å². The van der Waals surface area contributed by atoms with Crippen molar-refractivity contribution >= 4 is 47.2 Å². The molecule has 0 atom stereocenters. The molecular weight excluding hydrogens is 475 g/mol. The Morgan fingerprint density at radius 1 is 1.26 bits per heavy atom. The van der Waals surface area contributed by atoms with Gasteiger partial charge in [0.2, 0.25) is 0 Å². The minimum atomic E-state index is 0. The minimum absolute atomic E-state index is 0. The number of hydrogen-bond acceptors (Lipinski definition) is 3. The monoisotopic (exact) mass is 502 g/mol. The zero-order chi connectivity index (χ0) is 18.4. The van der Waals surface area contributed by atoms with Crippen molar-refractivity contribution in [2.24, 2.45) is 4.99 Å². The molecule has 0 bridgehead atoms. The largest absolute Gasteiger partial charge is 0.368 e. The van der Waals surface area contributed by atoms with Crippen LogP contribution in [0.5, 0.6) is 0 Å². The van der Waals surface area contributed by atoms with E-state index in [4.69, 9.17) is 16.6 Å². The Morgan fingerprint density at radius 2 is 2.04 bits per heavy atom. The third-order valence-electron chi connectivity index (χ3n) is 4.60. The van der Waals surface area contributed by atoms with Gasteiger partial charge in [0.15, 0.2) is 5.96 Å². The number of halogens is 2. The van der Waals surface area contributed by atoms with Crippen molar-refractivity contribution in [2.75, 3.05) is 44.2 Å². The van der Waals surface area contributed by atoms with Crippen LogP contribution in [0.3, 0.4) is 0 Å². The van der Waals surface area contributed by atoms with Crippen LogP contribution in [0.1, 0.15) is 12.5 Å². The number of piperazine rings is 1. The van der Waals surface area contributed by atoms with Gasteiger partial charge in [0.1, 0.15) is 0 Å². The Morgan fingerprint density at radius 3 is 2.70 bits per heavy atom. The lowest BCUT2D eigenvalue weighted by molar-refractivity contribution is 0.372. The number of aryl methyl sites for hydroxylation is 1. The molecule has 1 aromatic carbocycles. The molecule has 3 rings (SSSR count). The molecular formula is C19H28ClIN6. The van der Waals surface area contributed by atoms with Gasteiger partial charge in [0.25, 0.3) is 0 Å². The Hall–Kier alpha value is -1.48. The molecule has 2 aromatic rings. The van der Waals surface area contributed by atoms with Crippen LogP contribution in [0.25, 0.3) is 0 Å². The number of anilines is 1. The molecule has 27 heavy (non-hydrogen) atoms. The van der Waals surface area contributed by atoms with E-state index in [1.54, 1.807) is 6.20 Å². The molecule has 6 nitrogen and oxygen atoms in total. The van der Waals surface area contributed by atoms with Crippen molar-refractivity contribution in [2.45, 2.75) is 20.4 Å². The summed E-state index contributed by atoms with van der Waals surface area (Å²) < 4.78 is 2.05. The second-order valence-corrected chi connectivity index (χ2v) is 6.88. The van der Waals surface area contributed by atoms with Crippen molar-refractivity contribution in [1.29, 1.82) is 0 Å². The van der Waals surface area contributed by atoms with Crippen molar-refractivity contribution in [1.82, 2.24) is 19.8 Å². The lowest BCUT2D eigenvalue weighted by Gasteiger charge is -2.38. The van der Waals surface area contributed by atoms with Crippen LogP contribution in [0.15, 0.2) is 41.9 Å². The summed E-state index contributed by atoms with van der Waals surface area (Å²) in [6, 6.07) is 6.11. The number of imidazole rings is 1. The van der Waals surface area contributed by atoms with Gasteiger partial charge in [-0.25, -0.2) is 4.98 Å². The maximum atomic E-state index is 6.18. The maximum absolute atomic E-state index is 6.18. The first kappa shape index (κ1) is 21.8. The zero-order valence-corrected chi connectivity index (χ0v) is 19.0. The first-order valence-corrected chi connectivity index (χ1v) is 9.55. The van der Waals surface area contributed by atoms with Crippen LogP contribution in [-0.4, -0.2) is 59.7 Å². The lowest BCUT2D eigenvalue weighted by atomic mass is 10.1. The van der Waals surface area contributed by atoms with Crippen molar-refractivity contribution in [3.8, 4) is 0 Å². The van der Waals surface area contributed by atoms with Gasteiger partial charge < -0.3 is 19.7 Å². The summed E-state index contributed by atoms with van der Waals surface area (Å²) >= 11 is 6.18. The molecule has 0 amide bonds. The number of rotatable bonds is 5. The summed E-state index contributed by atoms with van der Waals surface area (Å²) in [5.74, 6) is 0.995. The molecule has 0 radical (unpaired) electrons. The Kier molecular flexibility index (Phi) is 8.69. The third kappa shape index (κ3) is 6.00. The molecule has 2 heterocycles. The van der Waals surface area contributed by atoms with Crippen LogP contribution < -0.4 is 10.2 Å². The van der Waals surface area contributed by atoms with E-state index in [1.165, 1.54) is 11.3 Å². The van der Waals surface area contributed by atoms with Gasteiger partial charge in [-0.05, 0) is 31.5 Å². The van der Waals surface area contributed by atoms with Gasteiger partial charge >= 0.3 is 0 Å². The second kappa shape index (κ2) is 10.8. The molecule has 1 aromatic heterocycles. The number of guanidine groups is 1. The van der Waals surface area contributed by atoms with Crippen LogP contribution in [0.2, 0.25) is 5.02 Å². The predicted molar refractivity (Wildman–Crippen MR) is 124 cm³/mol. The van der Waals surface area contributed by atoms with E-state index in [0.29, 0.717) is 0 Å². The van der Waals surface area contributed by atoms with Crippen LogP contribution in [-0.2, 0) is 6.54 Å². The smallest absolute Gasteiger partial charge is 0.194 e. The standard InChI is InChI=1S/C19H27ClN6.HI/c1-3-22-19(23-7-9-24-8-6-21-15-24)26-12-10-25(11-13-26)18-14-17(20)5-4-16(18)2;/h4-6,8,14-15H,3,7,9-13H2,1-2H3,(H,22,23);1H. The van der Waals surface area contributed by atoms with E-state index in [9.17, 15) is 0 Å². The molecule has 1 saturated heterocycles. The highest BCUT2D eigenvalue weighted by molar-refractivity contribution is 14.0. The topological polar surface area (TPSA) is 48.7 Å². The molecule has 8 heteroatoms. The fraction of sp³-hybridized carbons (Fsp3) is 0.474. The van der Waals surface area contributed by atoms with Gasteiger partial charge in [-0.15, -0.1) is 24.0 Å². The normalized spacial score (nSPS) is 14.9. The fourth-order valence-electron chi connectivity index (χ4n) is 3.20. The van der Waals surface area contributed by atoms with Crippen LogP contribution in [0, 0.1) is 6.92 Å². The highest BCUT2D eigenvalue weighted by Gasteiger charge is 2.20. The van der Waals surface area contributed by atoms with Gasteiger partial charge in [0.05, 0.1) is 12.9 Å². The number of nitrogens with zero attached hydrogens (tertiary/aromatic N) is 5. The SMILES string of the molecule is CCNC(=NCCn1ccnc1)N1CCN(c2cc(Cl)ccc2C)CC1.I. The summed E-state index contributed by atoms with van der Waals surface area (Å²) in [6.07, 6.45) is 5.59. The summed E-state index contributed by atoms with van der Waals surface area (Å²) in [5, 5.41) is 4.21. The van der Waals surface area contributed by atoms with Gasteiger partial charge in [-0.3, -0.25) is 4.99 Å². The van der Waals surface area contributed by atoms with E-state index >= 15 is 0 Å². The van der Waals surface area contributed by atoms with Crippen molar-refractivity contribution in [3.63, 3.8) is 0 Å². The molecule has 1 aliphatic heterocycles. The van der Waals surface area contributed by atoms with E-state index in [0.717, 1.165) is 56.8 Å². The number of aromatic nitrogens is 2. The first-order chi connectivity index (χ1) is 12.7. The molecule has 1 N–H and O–H groups in total. The number of nitrogens with one attached hydrogen (secondary N) is 1. The molecule has 1 fully saturated rings. The summed E-state index contributed by atoms with van der Waals surface area (Å²) in [6.45, 7) is 10.5. The molecule has 148 valence electrons. The summed E-state index contributed by atoms with van der Waals surface area (Å²) in [5.41, 5.74) is 2.50. The zero-order valence-electron chi connectivity index (χ0n) is 15.9. The quantitative estimate of drug-likeness (QED) is 0.387. The van der Waals surface area contributed by atoms with E-state index < -0.39 is 0 Å². The Balaban J connectivity index is 0.00000261. The average molecular weight is 503 g/mol. The highest BCUT2D eigenvalue weighted by atomic mass is 127. The van der Waals surface area contributed by atoms with E-state index in [1.807, 2.05) is 23.2 Å². The molecule has 0 unspecified atom stereocenters. The van der Waals surface area contributed by atoms with Gasteiger partial charge in [-0.1, -0.05) is 17.7 Å². The predicted octanol–water partition coefficient (Wildman–Crippen LogP) is 3.25. The number of hydrogen-bond donors (Lipinski definition) is 1. The van der Waals surface area contributed by atoms with Crippen LogP contribution >= 0.6 is 35.6 Å². The van der Waals surface area contributed by atoms with Gasteiger partial charge in [-0.2, -0.15) is 0 Å². The van der Waals surface area contributed by atoms with E-state index in [2.05, 4.69) is 46.1 Å². The summed E-state index contributed by atoms with van der Waals surface area (Å²) in [4.78, 5) is 13.6. The molecule has 0 saturated carbocycles. The second-order valence-electron chi connectivity index (χ2n) is 6.44. The lowest BCUT2D eigenvalue weighted by Crippen LogP contribution is -2.52. The maximum Gasteiger partial charge on any atom is 0.194 e. The molecule has 1 aliphatic rings. The Labute approximate surface area is 183 Å². The third-order valence-corrected chi connectivity index (χ3v) is 4.84. The average Bonchev–Trinajstić information content (AvgIpc) is 3.17. The fourth-order valence-corrected chi connectivity index (χ4v) is 3.36. The first-order valence-electron chi connectivity index (χ1n) is 9.17. The number of benzene rings is 1. The highest BCUT2D eigenvalue weighted by Crippen LogP contribution is 2.25. The van der Waals surface area contributed by atoms with Gasteiger partial charge in [0, 0.05) is 62.4 Å². The Bertz CT molecular complexity index is 726.